The number of rotatable bonds is 4. The summed E-state index contributed by atoms with van der Waals surface area (Å²) in [7, 11) is 0. The van der Waals surface area contributed by atoms with Crippen LogP contribution < -0.4 is 0 Å². The third kappa shape index (κ3) is 3.29. The Morgan fingerprint density at radius 3 is 2.29 bits per heavy atom. The lowest BCUT2D eigenvalue weighted by Crippen LogP contribution is -2.37. The predicted octanol–water partition coefficient (Wildman–Crippen LogP) is 2.35. The van der Waals surface area contributed by atoms with E-state index in [-0.39, 0.29) is 0 Å². The maximum Gasteiger partial charge on any atom is 0.0596 e. The highest BCUT2D eigenvalue weighted by atomic mass is 16.4. The lowest BCUT2D eigenvalue weighted by Gasteiger charge is -2.29. The third-order valence-electron chi connectivity index (χ3n) is 3.25. The van der Waals surface area contributed by atoms with Gasteiger partial charge in [0, 0.05) is 32.5 Å². The summed E-state index contributed by atoms with van der Waals surface area (Å²) in [5, 5.41) is 11.9. The van der Waals surface area contributed by atoms with Crippen LogP contribution in [0.4, 0.5) is 0 Å². The van der Waals surface area contributed by atoms with Gasteiger partial charge in [-0.2, -0.15) is 0 Å². The fourth-order valence-corrected chi connectivity index (χ4v) is 2.01. The smallest absolute Gasteiger partial charge is 0.0596 e. The Morgan fingerprint density at radius 1 is 1.29 bits per heavy atom. The van der Waals surface area contributed by atoms with Crippen LogP contribution in [0.1, 0.15) is 39.5 Å². The van der Waals surface area contributed by atoms with Gasteiger partial charge >= 0.3 is 0 Å². The van der Waals surface area contributed by atoms with Gasteiger partial charge in [0.15, 0.2) is 0 Å². The maximum absolute atomic E-state index is 8.62. The van der Waals surface area contributed by atoms with E-state index in [4.69, 9.17) is 5.21 Å². The first-order chi connectivity index (χ1) is 6.80. The van der Waals surface area contributed by atoms with E-state index in [1.165, 1.54) is 19.4 Å². The van der Waals surface area contributed by atoms with Crippen LogP contribution in [0.5, 0.6) is 0 Å². The van der Waals surface area contributed by atoms with Gasteiger partial charge in [-0.25, -0.2) is 0 Å². The van der Waals surface area contributed by atoms with Gasteiger partial charge in [-0.15, -0.1) is 0 Å². The minimum atomic E-state index is 0.836. The maximum atomic E-state index is 8.62. The molecule has 1 fully saturated rings. The first-order valence-corrected chi connectivity index (χ1v) is 5.72. The first kappa shape index (κ1) is 11.5. The standard InChI is InChI=1S/C11H22N2O/c1-3-10(4-2)9-13-7-5-11(12-14)6-8-13/h10,14H,3-9H2,1-2H3. The van der Waals surface area contributed by atoms with Crippen LogP contribution in [0.15, 0.2) is 5.16 Å². The summed E-state index contributed by atoms with van der Waals surface area (Å²) in [5.74, 6) is 0.836. The van der Waals surface area contributed by atoms with Crippen LogP contribution in [0.2, 0.25) is 0 Å². The van der Waals surface area contributed by atoms with Gasteiger partial charge in [-0.05, 0) is 5.92 Å². The summed E-state index contributed by atoms with van der Waals surface area (Å²) in [5.41, 5.74) is 0.964. The molecule has 3 heteroatoms. The molecule has 0 saturated carbocycles. The lowest BCUT2D eigenvalue weighted by molar-refractivity contribution is 0.219. The van der Waals surface area contributed by atoms with E-state index >= 15 is 0 Å². The summed E-state index contributed by atoms with van der Waals surface area (Å²) in [4.78, 5) is 2.49. The zero-order chi connectivity index (χ0) is 10.4. The summed E-state index contributed by atoms with van der Waals surface area (Å²) in [6.45, 7) is 7.87. The molecule has 0 radical (unpaired) electrons. The quantitative estimate of drug-likeness (QED) is 0.556. The Kier molecular flexibility index (Phi) is 4.94. The first-order valence-electron chi connectivity index (χ1n) is 5.72. The molecule has 3 nitrogen and oxygen atoms in total. The molecule has 1 rings (SSSR count). The largest absolute Gasteiger partial charge is 0.411 e. The molecular formula is C11H22N2O. The molecule has 1 N–H and O–H groups in total. The highest BCUT2D eigenvalue weighted by Gasteiger charge is 2.17. The lowest BCUT2D eigenvalue weighted by atomic mass is 10.0. The Balaban J connectivity index is 2.28. The van der Waals surface area contributed by atoms with Crippen LogP contribution in [0.3, 0.4) is 0 Å². The molecule has 0 bridgehead atoms. The molecule has 0 aromatic rings. The van der Waals surface area contributed by atoms with Crippen molar-refractivity contribution in [2.75, 3.05) is 19.6 Å². The molecule has 0 spiro atoms. The topological polar surface area (TPSA) is 35.8 Å². The van der Waals surface area contributed by atoms with Crippen LogP contribution in [-0.4, -0.2) is 35.5 Å². The van der Waals surface area contributed by atoms with Crippen LogP contribution in [0.25, 0.3) is 0 Å². The summed E-state index contributed by atoms with van der Waals surface area (Å²) in [6.07, 6.45) is 4.43. The molecule has 1 heterocycles. The highest BCUT2D eigenvalue weighted by molar-refractivity contribution is 5.84. The Labute approximate surface area is 86.8 Å². The minimum Gasteiger partial charge on any atom is -0.411 e. The molecule has 0 unspecified atom stereocenters. The molecule has 0 aromatic heterocycles. The van der Waals surface area contributed by atoms with Gasteiger partial charge < -0.3 is 10.1 Å². The van der Waals surface area contributed by atoms with Crippen LogP contribution in [-0.2, 0) is 0 Å². The van der Waals surface area contributed by atoms with Crippen molar-refractivity contribution >= 4 is 5.71 Å². The van der Waals surface area contributed by atoms with E-state index in [0.29, 0.717) is 0 Å². The minimum absolute atomic E-state index is 0.836. The predicted molar refractivity (Wildman–Crippen MR) is 59.0 cm³/mol. The van der Waals surface area contributed by atoms with Crippen LogP contribution in [0, 0.1) is 5.92 Å². The van der Waals surface area contributed by atoms with Crippen molar-refractivity contribution in [2.24, 2.45) is 11.1 Å². The Morgan fingerprint density at radius 2 is 1.86 bits per heavy atom. The molecule has 1 saturated heterocycles. The second-order valence-corrected chi connectivity index (χ2v) is 4.15. The zero-order valence-electron chi connectivity index (χ0n) is 9.37. The van der Waals surface area contributed by atoms with Crippen molar-refractivity contribution in [3.05, 3.63) is 0 Å². The molecular weight excluding hydrogens is 176 g/mol. The van der Waals surface area contributed by atoms with Gasteiger partial charge in [-0.3, -0.25) is 0 Å². The zero-order valence-corrected chi connectivity index (χ0v) is 9.37. The fraction of sp³-hybridized carbons (Fsp3) is 0.909. The molecule has 0 aromatic carbocycles. The van der Waals surface area contributed by atoms with E-state index in [9.17, 15) is 0 Å². The van der Waals surface area contributed by atoms with E-state index in [0.717, 1.165) is 37.6 Å². The average Bonchev–Trinajstić information content (AvgIpc) is 2.26. The fourth-order valence-electron chi connectivity index (χ4n) is 2.01. The van der Waals surface area contributed by atoms with Gasteiger partial charge in [0.2, 0.25) is 0 Å². The normalized spacial score (nSPS) is 18.9. The molecule has 0 atom stereocenters. The number of piperidine rings is 1. The van der Waals surface area contributed by atoms with E-state index < -0.39 is 0 Å². The van der Waals surface area contributed by atoms with E-state index in [2.05, 4.69) is 23.9 Å². The summed E-state index contributed by atoms with van der Waals surface area (Å²) < 4.78 is 0. The SMILES string of the molecule is CCC(CC)CN1CCC(=NO)CC1. The molecule has 1 aliphatic rings. The number of nitrogens with zero attached hydrogens (tertiary/aromatic N) is 2. The second kappa shape index (κ2) is 6.02. The summed E-state index contributed by atoms with van der Waals surface area (Å²) in [6, 6.07) is 0. The van der Waals surface area contributed by atoms with E-state index in [1.54, 1.807) is 0 Å². The van der Waals surface area contributed by atoms with Crippen molar-refractivity contribution in [2.45, 2.75) is 39.5 Å². The van der Waals surface area contributed by atoms with Crippen LogP contribution >= 0.6 is 0 Å². The van der Waals surface area contributed by atoms with Crippen molar-refractivity contribution in [1.29, 1.82) is 0 Å². The molecule has 0 amide bonds. The molecule has 0 aliphatic carbocycles. The monoisotopic (exact) mass is 198 g/mol. The Bertz CT molecular complexity index is 178. The molecule has 1 aliphatic heterocycles. The number of likely N-dealkylation sites (tertiary alicyclic amines) is 1. The third-order valence-corrected chi connectivity index (χ3v) is 3.25. The van der Waals surface area contributed by atoms with Crippen molar-refractivity contribution in [3.8, 4) is 0 Å². The van der Waals surface area contributed by atoms with Gasteiger partial charge in [0.25, 0.3) is 0 Å². The second-order valence-electron chi connectivity index (χ2n) is 4.15. The summed E-state index contributed by atoms with van der Waals surface area (Å²) >= 11 is 0. The van der Waals surface area contributed by atoms with Crippen molar-refractivity contribution in [1.82, 2.24) is 4.90 Å². The van der Waals surface area contributed by atoms with Crippen molar-refractivity contribution in [3.63, 3.8) is 0 Å². The van der Waals surface area contributed by atoms with Gasteiger partial charge in [-0.1, -0.05) is 31.8 Å². The molecule has 14 heavy (non-hydrogen) atoms. The van der Waals surface area contributed by atoms with Gasteiger partial charge in [0.05, 0.1) is 5.71 Å². The van der Waals surface area contributed by atoms with E-state index in [1.807, 2.05) is 0 Å². The average molecular weight is 198 g/mol. The Hall–Kier alpha value is -0.570. The number of oxime groups is 1. The van der Waals surface area contributed by atoms with Gasteiger partial charge in [0.1, 0.15) is 0 Å². The molecule has 82 valence electrons. The number of hydrogen-bond donors (Lipinski definition) is 1. The van der Waals surface area contributed by atoms with Crippen molar-refractivity contribution < 1.29 is 5.21 Å². The highest BCUT2D eigenvalue weighted by Crippen LogP contribution is 2.14. The number of hydrogen-bond acceptors (Lipinski definition) is 3.